The van der Waals surface area contributed by atoms with E-state index in [2.05, 4.69) is 62.5 Å². The standard InChI is InChI=1S/C25H24N6O3/c1-16-12-19(30-11-9-25(2,15-30)17-6-4-3-5-7-17)14-31-22(16)28-21(29-31)23(32)27-18-8-10-26-20(13-18)24(33)34/h3-8,10,12-14H,9,11,15H2,1-2H3,(H,33,34)(H,26,27,32)/t25-/m0/s1. The zero-order chi connectivity index (χ0) is 23.9. The number of amides is 1. The number of nitrogens with one attached hydrogen (secondary N) is 1. The quantitative estimate of drug-likeness (QED) is 0.472. The topological polar surface area (TPSA) is 113 Å². The third kappa shape index (κ3) is 3.96. The van der Waals surface area contributed by atoms with Crippen molar-refractivity contribution in [2.75, 3.05) is 23.3 Å². The number of rotatable bonds is 5. The van der Waals surface area contributed by atoms with Crippen molar-refractivity contribution in [3.8, 4) is 0 Å². The molecular weight excluding hydrogens is 432 g/mol. The lowest BCUT2D eigenvalue weighted by molar-refractivity contribution is 0.0690. The Morgan fingerprint density at radius 1 is 1.15 bits per heavy atom. The van der Waals surface area contributed by atoms with E-state index in [0.29, 0.717) is 11.3 Å². The van der Waals surface area contributed by atoms with Crippen LogP contribution in [-0.2, 0) is 5.41 Å². The summed E-state index contributed by atoms with van der Waals surface area (Å²) < 4.78 is 1.63. The number of pyridine rings is 2. The second kappa shape index (κ2) is 8.26. The van der Waals surface area contributed by atoms with E-state index in [1.54, 1.807) is 4.52 Å². The highest BCUT2D eigenvalue weighted by atomic mass is 16.4. The number of anilines is 2. The second-order valence-electron chi connectivity index (χ2n) is 8.87. The molecule has 4 aromatic rings. The number of carbonyl (C=O) groups excluding carboxylic acids is 1. The van der Waals surface area contributed by atoms with E-state index < -0.39 is 11.9 Å². The first-order valence-corrected chi connectivity index (χ1v) is 11.0. The Balaban J connectivity index is 1.39. The van der Waals surface area contributed by atoms with Gasteiger partial charge in [0, 0.05) is 30.4 Å². The Labute approximate surface area is 196 Å². The van der Waals surface area contributed by atoms with E-state index in [1.807, 2.05) is 19.2 Å². The van der Waals surface area contributed by atoms with Crippen LogP contribution in [0.1, 0.15) is 45.6 Å². The molecule has 3 aromatic heterocycles. The average molecular weight is 457 g/mol. The molecule has 0 saturated carbocycles. The molecule has 0 spiro atoms. The number of hydrogen-bond acceptors (Lipinski definition) is 6. The van der Waals surface area contributed by atoms with Crippen molar-refractivity contribution in [1.82, 2.24) is 19.6 Å². The van der Waals surface area contributed by atoms with E-state index in [4.69, 9.17) is 5.11 Å². The number of carboxylic acid groups (broad SMARTS) is 1. The van der Waals surface area contributed by atoms with Crippen LogP contribution in [0.4, 0.5) is 11.4 Å². The van der Waals surface area contributed by atoms with Crippen LogP contribution in [0.25, 0.3) is 5.65 Å². The molecule has 0 radical (unpaired) electrons. The van der Waals surface area contributed by atoms with Crippen LogP contribution in [0, 0.1) is 6.92 Å². The smallest absolute Gasteiger partial charge is 0.354 e. The lowest BCUT2D eigenvalue weighted by atomic mass is 9.82. The van der Waals surface area contributed by atoms with Crippen molar-refractivity contribution in [3.05, 3.63) is 83.6 Å². The molecular formula is C25H24N6O3. The lowest BCUT2D eigenvalue weighted by Crippen LogP contribution is -2.28. The van der Waals surface area contributed by atoms with Gasteiger partial charge in [-0.1, -0.05) is 37.3 Å². The molecule has 2 N–H and O–H groups in total. The number of carbonyl (C=O) groups is 2. The number of aromatic nitrogens is 4. The van der Waals surface area contributed by atoms with E-state index in [1.165, 1.54) is 23.9 Å². The summed E-state index contributed by atoms with van der Waals surface area (Å²) in [4.78, 5) is 34.3. The lowest BCUT2D eigenvalue weighted by Gasteiger charge is -2.26. The van der Waals surface area contributed by atoms with Gasteiger partial charge >= 0.3 is 5.97 Å². The van der Waals surface area contributed by atoms with E-state index >= 15 is 0 Å². The van der Waals surface area contributed by atoms with Crippen molar-refractivity contribution in [2.24, 2.45) is 0 Å². The van der Waals surface area contributed by atoms with Crippen LogP contribution in [0.5, 0.6) is 0 Å². The number of aryl methyl sites for hydroxylation is 1. The predicted molar refractivity (Wildman–Crippen MR) is 127 cm³/mol. The summed E-state index contributed by atoms with van der Waals surface area (Å²) in [6.45, 7) is 6.05. The molecule has 1 aliphatic rings. The number of hydrogen-bond donors (Lipinski definition) is 2. The first-order chi connectivity index (χ1) is 16.3. The molecule has 0 unspecified atom stereocenters. The Kier molecular flexibility index (Phi) is 5.24. The van der Waals surface area contributed by atoms with Crippen molar-refractivity contribution < 1.29 is 14.7 Å². The molecule has 9 heteroatoms. The van der Waals surface area contributed by atoms with Crippen LogP contribution < -0.4 is 10.2 Å². The molecule has 0 aliphatic carbocycles. The molecule has 5 rings (SSSR count). The van der Waals surface area contributed by atoms with Crippen molar-refractivity contribution in [1.29, 1.82) is 0 Å². The van der Waals surface area contributed by atoms with Gasteiger partial charge in [0.15, 0.2) is 5.65 Å². The summed E-state index contributed by atoms with van der Waals surface area (Å²) in [6.07, 6.45) is 4.27. The summed E-state index contributed by atoms with van der Waals surface area (Å²) in [7, 11) is 0. The minimum Gasteiger partial charge on any atom is -0.477 e. The minimum atomic E-state index is -1.17. The zero-order valence-electron chi connectivity index (χ0n) is 18.9. The number of fused-ring (bicyclic) bond motifs is 1. The Morgan fingerprint density at radius 3 is 2.71 bits per heavy atom. The van der Waals surface area contributed by atoms with E-state index in [0.717, 1.165) is 30.8 Å². The molecule has 1 aliphatic heterocycles. The first-order valence-electron chi connectivity index (χ1n) is 11.0. The van der Waals surface area contributed by atoms with Crippen LogP contribution >= 0.6 is 0 Å². The molecule has 1 aromatic carbocycles. The normalized spacial score (nSPS) is 17.8. The summed E-state index contributed by atoms with van der Waals surface area (Å²) in [5.74, 6) is -1.69. The largest absolute Gasteiger partial charge is 0.477 e. The molecule has 9 nitrogen and oxygen atoms in total. The van der Waals surface area contributed by atoms with E-state index in [9.17, 15) is 9.59 Å². The van der Waals surface area contributed by atoms with Crippen molar-refractivity contribution in [2.45, 2.75) is 25.7 Å². The van der Waals surface area contributed by atoms with Gasteiger partial charge in [0.2, 0.25) is 5.82 Å². The van der Waals surface area contributed by atoms with Gasteiger partial charge in [-0.15, -0.1) is 5.10 Å². The molecule has 34 heavy (non-hydrogen) atoms. The van der Waals surface area contributed by atoms with E-state index in [-0.39, 0.29) is 16.9 Å². The fourth-order valence-electron chi connectivity index (χ4n) is 4.47. The van der Waals surface area contributed by atoms with Gasteiger partial charge in [0.05, 0.1) is 11.9 Å². The highest BCUT2D eigenvalue weighted by Crippen LogP contribution is 2.36. The molecule has 1 fully saturated rings. The monoisotopic (exact) mass is 456 g/mol. The summed E-state index contributed by atoms with van der Waals surface area (Å²) in [5, 5.41) is 16.1. The maximum Gasteiger partial charge on any atom is 0.354 e. The Hall–Kier alpha value is -4.27. The average Bonchev–Trinajstić information content (AvgIpc) is 3.45. The minimum absolute atomic E-state index is 0.00415. The second-order valence-corrected chi connectivity index (χ2v) is 8.87. The Morgan fingerprint density at radius 2 is 1.94 bits per heavy atom. The van der Waals surface area contributed by atoms with Gasteiger partial charge in [-0.2, -0.15) is 0 Å². The third-order valence-electron chi connectivity index (χ3n) is 6.35. The van der Waals surface area contributed by atoms with Gasteiger partial charge < -0.3 is 15.3 Å². The number of nitrogens with zero attached hydrogens (tertiary/aromatic N) is 5. The van der Waals surface area contributed by atoms with Crippen molar-refractivity contribution in [3.63, 3.8) is 0 Å². The Bertz CT molecular complexity index is 1400. The molecule has 172 valence electrons. The molecule has 1 atom stereocenters. The third-order valence-corrected chi connectivity index (χ3v) is 6.35. The van der Waals surface area contributed by atoms with Crippen molar-refractivity contribution >= 4 is 28.9 Å². The summed E-state index contributed by atoms with van der Waals surface area (Å²) in [5.41, 5.74) is 4.09. The number of aromatic carboxylic acids is 1. The van der Waals surface area contributed by atoms with Crippen LogP contribution in [0.2, 0.25) is 0 Å². The van der Waals surface area contributed by atoms with Crippen LogP contribution in [-0.4, -0.2) is 49.7 Å². The maximum absolute atomic E-state index is 12.7. The van der Waals surface area contributed by atoms with Gasteiger partial charge in [0.1, 0.15) is 5.69 Å². The molecule has 1 saturated heterocycles. The van der Waals surface area contributed by atoms with Gasteiger partial charge in [-0.25, -0.2) is 19.3 Å². The summed E-state index contributed by atoms with van der Waals surface area (Å²) in [6, 6.07) is 15.4. The molecule has 4 heterocycles. The fraction of sp³-hybridized carbons (Fsp3) is 0.240. The van der Waals surface area contributed by atoms with Gasteiger partial charge in [-0.3, -0.25) is 4.79 Å². The number of benzene rings is 1. The number of carboxylic acids is 1. The first kappa shape index (κ1) is 21.6. The van der Waals surface area contributed by atoms with Crippen LogP contribution in [0.15, 0.2) is 60.9 Å². The maximum atomic E-state index is 12.7. The summed E-state index contributed by atoms with van der Waals surface area (Å²) >= 11 is 0. The van der Waals surface area contributed by atoms with Gasteiger partial charge in [-0.05, 0) is 42.7 Å². The molecule has 0 bridgehead atoms. The van der Waals surface area contributed by atoms with Gasteiger partial charge in [0.25, 0.3) is 5.91 Å². The van der Waals surface area contributed by atoms with Crippen LogP contribution in [0.3, 0.4) is 0 Å². The fourth-order valence-corrected chi connectivity index (χ4v) is 4.47. The molecule has 1 amide bonds. The SMILES string of the molecule is Cc1cc(N2CC[C@](C)(c3ccccc3)C2)cn2nc(C(=O)Nc3ccnc(C(=O)O)c3)nc12. The highest BCUT2D eigenvalue weighted by Gasteiger charge is 2.35. The zero-order valence-corrected chi connectivity index (χ0v) is 18.9. The predicted octanol–water partition coefficient (Wildman–Crippen LogP) is 3.55. The highest BCUT2D eigenvalue weighted by molar-refractivity contribution is 6.02.